The number of fused-ring (bicyclic) bond motifs is 3. The fourth-order valence-electron chi connectivity index (χ4n) is 3.86. The minimum atomic E-state index is 0. The van der Waals surface area contributed by atoms with Crippen molar-refractivity contribution in [3.05, 3.63) is 60.7 Å². The molecule has 3 aromatic carbocycles. The molecule has 4 aromatic rings. The van der Waals surface area contributed by atoms with Gasteiger partial charge in [0.2, 0.25) is 0 Å². The summed E-state index contributed by atoms with van der Waals surface area (Å²) in [6.07, 6.45) is 1.03. The minimum absolute atomic E-state index is 0. The largest absolute Gasteiger partial charge is 0.412 e. The Kier molecular flexibility index (Phi) is 12.4. The highest BCUT2D eigenvalue weighted by molar-refractivity contribution is 6.18. The van der Waals surface area contributed by atoms with Crippen LogP contribution in [0.5, 0.6) is 0 Å². The maximum atomic E-state index is 5.91. The van der Waals surface area contributed by atoms with Crippen molar-refractivity contribution >= 4 is 86.3 Å². The van der Waals surface area contributed by atoms with E-state index < -0.39 is 0 Å². The number of para-hydroxylation sites is 1. The third-order valence-electron chi connectivity index (χ3n) is 5.30. The van der Waals surface area contributed by atoms with Gasteiger partial charge in [-0.1, -0.05) is 42.5 Å². The van der Waals surface area contributed by atoms with E-state index in [0.29, 0.717) is 11.8 Å². The van der Waals surface area contributed by atoms with Gasteiger partial charge < -0.3 is 15.7 Å². The maximum Gasteiger partial charge on any atom is 0.0736 e. The molecule has 3 N–H and O–H groups in total. The number of alkyl halides is 2. The van der Waals surface area contributed by atoms with Crippen molar-refractivity contribution in [2.24, 2.45) is 0 Å². The molecule has 4 nitrogen and oxygen atoms in total. The number of halogens is 4. The lowest BCUT2D eigenvalue weighted by Crippen LogP contribution is -2.30. The predicted molar refractivity (Wildman–Crippen MR) is 146 cm³/mol. The molecular weight excluding hydrogens is 488 g/mol. The number of aromatic nitrogens is 1. The molecule has 1 heterocycles. The highest BCUT2D eigenvalue weighted by Crippen LogP contribution is 2.33. The van der Waals surface area contributed by atoms with Crippen LogP contribution in [0.1, 0.15) is 6.42 Å². The molecule has 0 radical (unpaired) electrons. The molecule has 0 bridgehead atoms. The van der Waals surface area contributed by atoms with Gasteiger partial charge in [-0.25, -0.2) is 4.98 Å². The lowest BCUT2D eigenvalue weighted by atomic mass is 10.0. The second-order valence-corrected chi connectivity index (χ2v) is 7.98. The quantitative estimate of drug-likeness (QED) is 0.165. The summed E-state index contributed by atoms with van der Waals surface area (Å²) in [5, 5.41) is 8.48. The second-order valence-electron chi connectivity index (χ2n) is 7.22. The number of nitrogens with one attached hydrogen (secondary N) is 1. The molecule has 32 heavy (non-hydrogen) atoms. The third kappa shape index (κ3) is 6.50. The number of hydrogen-bond donors (Lipinski definition) is 1. The van der Waals surface area contributed by atoms with E-state index in [-0.39, 0.29) is 30.3 Å². The van der Waals surface area contributed by atoms with E-state index in [9.17, 15) is 0 Å². The smallest absolute Gasteiger partial charge is 0.0736 e. The van der Waals surface area contributed by atoms with Gasteiger partial charge in [0.05, 0.1) is 16.7 Å². The van der Waals surface area contributed by atoms with Gasteiger partial charge >= 0.3 is 0 Å². The third-order valence-corrected chi connectivity index (χ3v) is 5.64. The normalized spacial score (nSPS) is 10.6. The first kappa shape index (κ1) is 28.5. The van der Waals surface area contributed by atoms with Crippen LogP contribution >= 0.6 is 48.0 Å². The van der Waals surface area contributed by atoms with Crippen LogP contribution in [0.25, 0.3) is 32.6 Å². The van der Waals surface area contributed by atoms with Crippen LogP contribution in [0.2, 0.25) is 0 Å². The summed E-state index contributed by atoms with van der Waals surface area (Å²) >= 11 is 11.8. The Balaban J connectivity index is 0.00000171. The lowest BCUT2D eigenvalue weighted by molar-refractivity contribution is 0.306. The Morgan fingerprint density at radius 2 is 1.38 bits per heavy atom. The summed E-state index contributed by atoms with van der Waals surface area (Å²) in [5.74, 6) is 1.27. The first-order valence-electron chi connectivity index (χ1n) is 10.1. The number of benzene rings is 3. The highest BCUT2D eigenvalue weighted by atomic mass is 35.5. The summed E-state index contributed by atoms with van der Waals surface area (Å²) in [4.78, 5) is 7.23. The minimum Gasteiger partial charge on any atom is -0.412 e. The van der Waals surface area contributed by atoms with E-state index in [4.69, 9.17) is 28.2 Å². The predicted octanol–water partition coefficient (Wildman–Crippen LogP) is 6.14. The molecule has 8 heteroatoms. The van der Waals surface area contributed by atoms with Crippen LogP contribution in [0, 0.1) is 0 Å². The van der Waals surface area contributed by atoms with Gasteiger partial charge in [-0.2, -0.15) is 0 Å². The molecule has 0 saturated carbocycles. The summed E-state index contributed by atoms with van der Waals surface area (Å²) in [6, 6.07) is 21.2. The summed E-state index contributed by atoms with van der Waals surface area (Å²) in [6.45, 7) is 3.62. The van der Waals surface area contributed by atoms with Crippen molar-refractivity contribution in [2.45, 2.75) is 6.42 Å². The standard InChI is InChI=1S/C24H25Cl2N3.2ClH.H2O/c25-10-14-29(15-11-26)13-5-12-27-24-20-8-3-4-9-22(20)28-23-17-19-7-2-1-6-18(19)16-21(23)24;;;/h1-4,6-9,16-17H,5,10-15H2,(H,27,28);2*1H;1H2. The van der Waals surface area contributed by atoms with Crippen LogP contribution < -0.4 is 5.32 Å². The Morgan fingerprint density at radius 1 is 0.750 bits per heavy atom. The van der Waals surface area contributed by atoms with Crippen molar-refractivity contribution in [3.63, 3.8) is 0 Å². The fraction of sp³-hybridized carbons (Fsp3) is 0.292. The van der Waals surface area contributed by atoms with E-state index >= 15 is 0 Å². The molecule has 0 aliphatic carbocycles. The van der Waals surface area contributed by atoms with E-state index in [1.54, 1.807) is 0 Å². The molecule has 1 aromatic heterocycles. The summed E-state index contributed by atoms with van der Waals surface area (Å²) < 4.78 is 0. The number of pyridine rings is 1. The molecule has 0 spiro atoms. The lowest BCUT2D eigenvalue weighted by Gasteiger charge is -2.20. The van der Waals surface area contributed by atoms with Gasteiger partial charge in [-0.15, -0.1) is 48.0 Å². The van der Waals surface area contributed by atoms with E-state index in [1.807, 2.05) is 6.07 Å². The van der Waals surface area contributed by atoms with Gasteiger partial charge in [0.15, 0.2) is 0 Å². The van der Waals surface area contributed by atoms with Crippen molar-refractivity contribution in [2.75, 3.05) is 43.3 Å². The van der Waals surface area contributed by atoms with Crippen LogP contribution in [0.4, 0.5) is 5.69 Å². The molecular formula is C24H29Cl4N3O. The van der Waals surface area contributed by atoms with Crippen molar-refractivity contribution in [1.82, 2.24) is 9.88 Å². The molecule has 4 rings (SSSR count). The first-order chi connectivity index (χ1) is 14.3. The topological polar surface area (TPSA) is 59.7 Å². The van der Waals surface area contributed by atoms with Gasteiger partial charge in [0.25, 0.3) is 0 Å². The zero-order chi connectivity index (χ0) is 20.1. The SMILES string of the molecule is Cl.Cl.ClCCN(CCCl)CCCNc1c2ccccc2nc2cc3ccccc3cc12.O. The Morgan fingerprint density at radius 3 is 2.06 bits per heavy atom. The van der Waals surface area contributed by atoms with Gasteiger partial charge in [0.1, 0.15) is 0 Å². The monoisotopic (exact) mass is 515 g/mol. The number of nitrogens with zero attached hydrogens (tertiary/aromatic N) is 2. The van der Waals surface area contributed by atoms with Gasteiger partial charge in [-0.3, -0.25) is 0 Å². The Bertz CT molecular complexity index is 1110. The second kappa shape index (κ2) is 13.9. The summed E-state index contributed by atoms with van der Waals surface area (Å²) in [7, 11) is 0. The molecule has 174 valence electrons. The molecule has 0 aliphatic heterocycles. The maximum absolute atomic E-state index is 5.91. The average molecular weight is 517 g/mol. The molecule has 0 unspecified atom stereocenters. The molecule has 0 saturated heterocycles. The number of hydrogen-bond acceptors (Lipinski definition) is 3. The first-order valence-corrected chi connectivity index (χ1v) is 11.2. The van der Waals surface area contributed by atoms with Crippen LogP contribution in [-0.4, -0.2) is 53.3 Å². The van der Waals surface area contributed by atoms with Gasteiger partial charge in [0, 0.05) is 42.2 Å². The molecule has 0 atom stereocenters. The molecule has 0 fully saturated rings. The summed E-state index contributed by atoms with van der Waals surface area (Å²) in [5.41, 5.74) is 3.21. The zero-order valence-corrected chi connectivity index (χ0v) is 20.8. The van der Waals surface area contributed by atoms with Crippen LogP contribution in [0.15, 0.2) is 60.7 Å². The number of rotatable bonds is 9. The van der Waals surface area contributed by atoms with Crippen LogP contribution in [0.3, 0.4) is 0 Å². The fourth-order valence-corrected chi connectivity index (χ4v) is 4.34. The average Bonchev–Trinajstić information content (AvgIpc) is 2.75. The van der Waals surface area contributed by atoms with Crippen molar-refractivity contribution in [1.29, 1.82) is 0 Å². The number of anilines is 1. The van der Waals surface area contributed by atoms with E-state index in [0.717, 1.165) is 54.7 Å². The van der Waals surface area contributed by atoms with Crippen molar-refractivity contribution < 1.29 is 5.48 Å². The van der Waals surface area contributed by atoms with Gasteiger partial charge in [-0.05, 0) is 41.9 Å². The highest BCUT2D eigenvalue weighted by Gasteiger charge is 2.10. The van der Waals surface area contributed by atoms with E-state index in [2.05, 4.69) is 64.8 Å². The zero-order valence-electron chi connectivity index (χ0n) is 17.7. The van der Waals surface area contributed by atoms with Crippen LogP contribution in [-0.2, 0) is 0 Å². The Hall–Kier alpha value is -1.53. The van der Waals surface area contributed by atoms with Crippen molar-refractivity contribution in [3.8, 4) is 0 Å². The molecule has 0 aliphatic rings. The van der Waals surface area contributed by atoms with E-state index in [1.165, 1.54) is 16.2 Å². The molecule has 0 amide bonds. The Labute approximate surface area is 211 Å².